The Kier molecular flexibility index (Phi) is 4.30. The number of halogens is 1. The molecule has 0 fully saturated rings. The smallest absolute Gasteiger partial charge is 0.335 e. The number of carboxylic acid groups (broad SMARTS) is 1. The van der Waals surface area contributed by atoms with E-state index in [4.69, 9.17) is 16.7 Å². The molecule has 4 heteroatoms. The van der Waals surface area contributed by atoms with Crippen LogP contribution in [0.3, 0.4) is 0 Å². The minimum Gasteiger partial charge on any atom is -0.478 e. The number of aromatic carboxylic acids is 1. The van der Waals surface area contributed by atoms with Crippen molar-refractivity contribution in [3.8, 4) is 0 Å². The fraction of sp³-hybridized carbons (Fsp3) is 0.188. The van der Waals surface area contributed by atoms with Gasteiger partial charge in [-0.05, 0) is 43.2 Å². The summed E-state index contributed by atoms with van der Waals surface area (Å²) in [4.78, 5) is 10.9. The maximum absolute atomic E-state index is 10.9. The number of benzene rings is 2. The van der Waals surface area contributed by atoms with Crippen LogP contribution in [-0.4, -0.2) is 11.1 Å². The normalized spacial score (nSPS) is 11.9. The van der Waals surface area contributed by atoms with Crippen LogP contribution in [-0.2, 0) is 0 Å². The van der Waals surface area contributed by atoms with E-state index in [1.54, 1.807) is 12.1 Å². The van der Waals surface area contributed by atoms with E-state index in [-0.39, 0.29) is 11.6 Å². The molecule has 0 radical (unpaired) electrons. The third-order valence-corrected chi connectivity index (χ3v) is 3.56. The van der Waals surface area contributed by atoms with Crippen molar-refractivity contribution in [2.75, 3.05) is 5.32 Å². The van der Waals surface area contributed by atoms with Crippen molar-refractivity contribution in [2.24, 2.45) is 0 Å². The van der Waals surface area contributed by atoms with Crippen LogP contribution in [0.4, 0.5) is 5.69 Å². The fourth-order valence-electron chi connectivity index (χ4n) is 2.15. The minimum atomic E-state index is -0.981. The molecule has 20 heavy (non-hydrogen) atoms. The zero-order chi connectivity index (χ0) is 14.7. The highest BCUT2D eigenvalue weighted by Crippen LogP contribution is 2.28. The van der Waals surface area contributed by atoms with Gasteiger partial charge >= 0.3 is 5.97 Å². The summed E-state index contributed by atoms with van der Waals surface area (Å²) in [5.74, 6) is -0.981. The van der Waals surface area contributed by atoms with Crippen molar-refractivity contribution < 1.29 is 9.90 Å². The molecule has 2 aromatic rings. The molecule has 0 aliphatic carbocycles. The summed E-state index contributed by atoms with van der Waals surface area (Å²) >= 11 is 6.12. The topological polar surface area (TPSA) is 49.3 Å². The Morgan fingerprint density at radius 1 is 1.25 bits per heavy atom. The molecule has 2 rings (SSSR count). The lowest BCUT2D eigenvalue weighted by Crippen LogP contribution is -2.09. The van der Waals surface area contributed by atoms with Crippen molar-refractivity contribution >= 4 is 23.3 Å². The summed E-state index contributed by atoms with van der Waals surface area (Å²) in [6.07, 6.45) is 0. The zero-order valence-electron chi connectivity index (χ0n) is 11.4. The van der Waals surface area contributed by atoms with Crippen molar-refractivity contribution in [2.45, 2.75) is 19.9 Å². The molecule has 1 atom stereocenters. The maximum Gasteiger partial charge on any atom is 0.335 e. The molecule has 0 saturated heterocycles. The molecule has 0 saturated carbocycles. The Morgan fingerprint density at radius 2 is 1.95 bits per heavy atom. The van der Waals surface area contributed by atoms with Gasteiger partial charge in [0, 0.05) is 6.04 Å². The molecule has 0 bridgehead atoms. The van der Waals surface area contributed by atoms with Crippen LogP contribution in [0.15, 0.2) is 42.5 Å². The van der Waals surface area contributed by atoms with Gasteiger partial charge in [-0.3, -0.25) is 0 Å². The van der Waals surface area contributed by atoms with E-state index in [2.05, 4.69) is 24.4 Å². The molecule has 2 aromatic carbocycles. The second kappa shape index (κ2) is 5.97. The molecule has 104 valence electrons. The van der Waals surface area contributed by atoms with Crippen LogP contribution >= 0.6 is 11.6 Å². The monoisotopic (exact) mass is 289 g/mol. The number of aryl methyl sites for hydroxylation is 1. The molecule has 0 amide bonds. The van der Waals surface area contributed by atoms with Gasteiger partial charge in [0.05, 0.1) is 16.3 Å². The van der Waals surface area contributed by atoms with E-state index in [1.165, 1.54) is 17.2 Å². The van der Waals surface area contributed by atoms with Crippen molar-refractivity contribution in [1.82, 2.24) is 0 Å². The van der Waals surface area contributed by atoms with Crippen molar-refractivity contribution in [1.29, 1.82) is 0 Å². The second-order valence-corrected chi connectivity index (χ2v) is 5.13. The Labute approximate surface area is 123 Å². The lowest BCUT2D eigenvalue weighted by atomic mass is 10.0. The summed E-state index contributed by atoms with van der Waals surface area (Å²) in [7, 11) is 0. The average Bonchev–Trinajstić information content (AvgIpc) is 2.41. The number of hydrogen-bond acceptors (Lipinski definition) is 2. The summed E-state index contributed by atoms with van der Waals surface area (Å²) in [5, 5.41) is 12.6. The van der Waals surface area contributed by atoms with Crippen molar-refractivity contribution in [3.05, 3.63) is 64.2 Å². The Morgan fingerprint density at radius 3 is 2.55 bits per heavy atom. The first kappa shape index (κ1) is 14.4. The Balaban J connectivity index is 2.22. The molecule has 0 spiro atoms. The third-order valence-electron chi connectivity index (χ3n) is 3.24. The maximum atomic E-state index is 10.9. The Bertz CT molecular complexity index is 640. The summed E-state index contributed by atoms with van der Waals surface area (Å²) in [5.41, 5.74) is 3.30. The predicted molar refractivity (Wildman–Crippen MR) is 81.6 cm³/mol. The van der Waals surface area contributed by atoms with Crippen LogP contribution in [0, 0.1) is 6.92 Å². The zero-order valence-corrected chi connectivity index (χ0v) is 12.1. The first-order valence-corrected chi connectivity index (χ1v) is 6.71. The van der Waals surface area contributed by atoms with Gasteiger partial charge in [-0.15, -0.1) is 0 Å². The molecule has 0 aliphatic heterocycles. The molecule has 0 aromatic heterocycles. The van der Waals surface area contributed by atoms with E-state index in [1.807, 2.05) is 19.1 Å². The summed E-state index contributed by atoms with van der Waals surface area (Å²) in [6, 6.07) is 12.9. The molecule has 1 unspecified atom stereocenters. The third kappa shape index (κ3) is 3.11. The van der Waals surface area contributed by atoms with Gasteiger partial charge in [0.15, 0.2) is 0 Å². The lowest BCUT2D eigenvalue weighted by molar-refractivity contribution is 0.0697. The predicted octanol–water partition coefficient (Wildman–Crippen LogP) is 4.52. The quantitative estimate of drug-likeness (QED) is 0.870. The highest BCUT2D eigenvalue weighted by molar-refractivity contribution is 6.33. The van der Waals surface area contributed by atoms with Crippen LogP contribution in [0.1, 0.15) is 34.5 Å². The highest BCUT2D eigenvalue weighted by atomic mass is 35.5. The number of hydrogen-bond donors (Lipinski definition) is 2. The number of nitrogens with one attached hydrogen (secondary N) is 1. The molecule has 2 N–H and O–H groups in total. The van der Waals surface area contributed by atoms with E-state index < -0.39 is 5.97 Å². The van der Waals surface area contributed by atoms with Gasteiger partial charge in [-0.2, -0.15) is 0 Å². The lowest BCUT2D eigenvalue weighted by Gasteiger charge is -2.18. The molecular formula is C16H16ClNO2. The standard InChI is InChI=1S/C16H16ClNO2/c1-10-5-3-4-6-13(10)11(2)18-15-8-7-12(16(19)20)9-14(15)17/h3-9,11,18H,1-2H3,(H,19,20). The van der Waals surface area contributed by atoms with Crippen LogP contribution in [0.25, 0.3) is 0 Å². The van der Waals surface area contributed by atoms with E-state index in [0.29, 0.717) is 5.02 Å². The Hall–Kier alpha value is -2.00. The first-order valence-electron chi connectivity index (χ1n) is 6.34. The molecule has 0 heterocycles. The second-order valence-electron chi connectivity index (χ2n) is 4.72. The molecule has 3 nitrogen and oxygen atoms in total. The average molecular weight is 290 g/mol. The van der Waals surface area contributed by atoms with E-state index >= 15 is 0 Å². The highest BCUT2D eigenvalue weighted by Gasteiger charge is 2.11. The summed E-state index contributed by atoms with van der Waals surface area (Å²) in [6.45, 7) is 4.10. The van der Waals surface area contributed by atoms with Crippen molar-refractivity contribution in [3.63, 3.8) is 0 Å². The fourth-order valence-corrected chi connectivity index (χ4v) is 2.38. The first-order chi connectivity index (χ1) is 9.49. The number of rotatable bonds is 4. The van der Waals surface area contributed by atoms with Gasteiger partial charge in [0.25, 0.3) is 0 Å². The number of anilines is 1. The minimum absolute atomic E-state index is 0.0874. The molecular weight excluding hydrogens is 274 g/mol. The number of carboxylic acids is 1. The van der Waals surface area contributed by atoms with Gasteiger partial charge in [0.2, 0.25) is 0 Å². The summed E-state index contributed by atoms with van der Waals surface area (Å²) < 4.78 is 0. The van der Waals surface area contributed by atoms with Crippen LogP contribution in [0.5, 0.6) is 0 Å². The van der Waals surface area contributed by atoms with E-state index in [0.717, 1.165) is 5.69 Å². The number of carbonyl (C=O) groups is 1. The van der Waals surface area contributed by atoms with Gasteiger partial charge in [-0.25, -0.2) is 4.79 Å². The van der Waals surface area contributed by atoms with Gasteiger partial charge < -0.3 is 10.4 Å². The SMILES string of the molecule is Cc1ccccc1C(C)Nc1ccc(C(=O)O)cc1Cl. The van der Waals surface area contributed by atoms with Crippen LogP contribution < -0.4 is 5.32 Å². The van der Waals surface area contributed by atoms with Crippen LogP contribution in [0.2, 0.25) is 5.02 Å². The van der Waals surface area contributed by atoms with E-state index in [9.17, 15) is 4.79 Å². The largest absolute Gasteiger partial charge is 0.478 e. The molecule has 0 aliphatic rings. The van der Waals surface area contributed by atoms with Gasteiger partial charge in [0.1, 0.15) is 0 Å². The van der Waals surface area contributed by atoms with Gasteiger partial charge in [-0.1, -0.05) is 35.9 Å².